The molecule has 2 fully saturated rings. The SMILES string of the molecule is CC(C)(C)OC(=O)N1CCC(C(=O)N2CCN(Cc3ccncc3)CC2)CC1. The van der Waals surface area contributed by atoms with Crippen LogP contribution in [0.3, 0.4) is 0 Å². The van der Waals surface area contributed by atoms with Gasteiger partial charge in [-0.3, -0.25) is 14.7 Å². The fraction of sp³-hybridized carbons (Fsp3) is 0.667. The van der Waals surface area contributed by atoms with Crippen molar-refractivity contribution in [1.29, 1.82) is 0 Å². The number of ether oxygens (including phenoxy) is 1. The Bertz CT molecular complexity index is 658. The monoisotopic (exact) mass is 388 g/mol. The average molecular weight is 389 g/mol. The van der Waals surface area contributed by atoms with Crippen molar-refractivity contribution in [3.63, 3.8) is 0 Å². The number of carbonyl (C=O) groups is 2. The largest absolute Gasteiger partial charge is 0.444 e. The van der Waals surface area contributed by atoms with Crippen LogP contribution in [0.15, 0.2) is 24.5 Å². The van der Waals surface area contributed by atoms with E-state index in [1.54, 1.807) is 4.90 Å². The Morgan fingerprint density at radius 3 is 2.18 bits per heavy atom. The lowest BCUT2D eigenvalue weighted by molar-refractivity contribution is -0.139. The molecule has 2 saturated heterocycles. The second-order valence-electron chi connectivity index (χ2n) is 8.70. The van der Waals surface area contributed by atoms with Crippen LogP contribution in [0.25, 0.3) is 0 Å². The van der Waals surface area contributed by atoms with Gasteiger partial charge in [0.25, 0.3) is 0 Å². The van der Waals surface area contributed by atoms with Crippen LogP contribution < -0.4 is 0 Å². The molecule has 154 valence electrons. The molecule has 7 nitrogen and oxygen atoms in total. The van der Waals surface area contributed by atoms with E-state index in [0.29, 0.717) is 13.1 Å². The number of piperidine rings is 1. The number of pyridine rings is 1. The van der Waals surface area contributed by atoms with Crippen LogP contribution in [-0.2, 0) is 16.1 Å². The smallest absolute Gasteiger partial charge is 0.410 e. The Hall–Kier alpha value is -2.15. The van der Waals surface area contributed by atoms with E-state index in [1.165, 1.54) is 5.56 Å². The Morgan fingerprint density at radius 1 is 1.00 bits per heavy atom. The van der Waals surface area contributed by atoms with Crippen LogP contribution in [0.1, 0.15) is 39.2 Å². The van der Waals surface area contributed by atoms with E-state index in [4.69, 9.17) is 4.74 Å². The summed E-state index contributed by atoms with van der Waals surface area (Å²) < 4.78 is 5.43. The quantitative estimate of drug-likeness (QED) is 0.795. The molecule has 0 bridgehead atoms. The van der Waals surface area contributed by atoms with Crippen LogP contribution in [0, 0.1) is 5.92 Å². The van der Waals surface area contributed by atoms with E-state index in [1.807, 2.05) is 50.2 Å². The fourth-order valence-electron chi connectivity index (χ4n) is 3.77. The number of aromatic nitrogens is 1. The Kier molecular flexibility index (Phi) is 6.54. The molecule has 0 saturated carbocycles. The summed E-state index contributed by atoms with van der Waals surface area (Å²) in [5.74, 6) is 0.262. The summed E-state index contributed by atoms with van der Waals surface area (Å²) in [4.78, 5) is 35.2. The van der Waals surface area contributed by atoms with Gasteiger partial charge < -0.3 is 14.5 Å². The highest BCUT2D eigenvalue weighted by Crippen LogP contribution is 2.22. The normalized spacial score (nSPS) is 19.5. The Labute approximate surface area is 167 Å². The third-order valence-electron chi connectivity index (χ3n) is 5.34. The van der Waals surface area contributed by atoms with Crippen molar-refractivity contribution in [2.45, 2.75) is 45.8 Å². The molecule has 2 aliphatic heterocycles. The molecular weight excluding hydrogens is 356 g/mol. The highest BCUT2D eigenvalue weighted by molar-refractivity contribution is 5.79. The average Bonchev–Trinajstić information content (AvgIpc) is 2.68. The number of likely N-dealkylation sites (tertiary alicyclic amines) is 1. The minimum absolute atomic E-state index is 0.0189. The molecule has 0 aromatic carbocycles. The van der Waals surface area contributed by atoms with Gasteiger partial charge in [-0.25, -0.2) is 4.79 Å². The van der Waals surface area contributed by atoms with Crippen LogP contribution in [0.2, 0.25) is 0 Å². The number of piperazine rings is 1. The van der Waals surface area contributed by atoms with Crippen LogP contribution in [0.4, 0.5) is 4.79 Å². The van der Waals surface area contributed by atoms with Crippen molar-refractivity contribution in [1.82, 2.24) is 19.7 Å². The van der Waals surface area contributed by atoms with Crippen LogP contribution >= 0.6 is 0 Å². The number of hydrogen-bond donors (Lipinski definition) is 0. The first-order valence-corrected chi connectivity index (χ1v) is 10.2. The van der Waals surface area contributed by atoms with Gasteiger partial charge in [0, 0.05) is 64.1 Å². The molecule has 0 atom stereocenters. The minimum Gasteiger partial charge on any atom is -0.444 e. The number of hydrogen-bond acceptors (Lipinski definition) is 5. The zero-order valence-electron chi connectivity index (χ0n) is 17.3. The van der Waals surface area contributed by atoms with Crippen molar-refractivity contribution in [3.05, 3.63) is 30.1 Å². The molecule has 0 N–H and O–H groups in total. The van der Waals surface area contributed by atoms with Gasteiger partial charge in [0.15, 0.2) is 0 Å². The number of rotatable bonds is 3. The lowest BCUT2D eigenvalue weighted by Gasteiger charge is -2.38. The molecule has 7 heteroatoms. The lowest BCUT2D eigenvalue weighted by Crippen LogP contribution is -2.51. The summed E-state index contributed by atoms with van der Waals surface area (Å²) in [6.07, 6.45) is 4.80. The highest BCUT2D eigenvalue weighted by atomic mass is 16.6. The predicted octanol–water partition coefficient (Wildman–Crippen LogP) is 2.37. The number of nitrogens with zero attached hydrogens (tertiary/aromatic N) is 4. The number of amides is 2. The molecule has 1 aromatic heterocycles. The third kappa shape index (κ3) is 5.67. The Morgan fingerprint density at radius 2 is 1.61 bits per heavy atom. The van der Waals surface area contributed by atoms with Gasteiger partial charge in [0.2, 0.25) is 5.91 Å². The molecule has 1 aromatic rings. The summed E-state index contributed by atoms with van der Waals surface area (Å²) in [6, 6.07) is 4.08. The standard InChI is InChI=1S/C21H32N4O3/c1-21(2,3)28-20(27)25-10-6-18(7-11-25)19(26)24-14-12-23(13-15-24)16-17-4-8-22-9-5-17/h4-5,8-9,18H,6-7,10-16H2,1-3H3. The zero-order valence-corrected chi connectivity index (χ0v) is 17.3. The second kappa shape index (κ2) is 8.90. The van der Waals surface area contributed by atoms with Crippen molar-refractivity contribution in [2.24, 2.45) is 5.92 Å². The highest BCUT2D eigenvalue weighted by Gasteiger charge is 2.33. The molecule has 2 aliphatic rings. The van der Waals surface area contributed by atoms with Crippen molar-refractivity contribution in [2.75, 3.05) is 39.3 Å². The molecule has 2 amide bonds. The summed E-state index contributed by atoms with van der Waals surface area (Å²) in [5, 5.41) is 0. The molecule has 3 heterocycles. The lowest BCUT2D eigenvalue weighted by atomic mass is 9.95. The van der Waals surface area contributed by atoms with Gasteiger partial charge in [0.1, 0.15) is 5.60 Å². The predicted molar refractivity (Wildman–Crippen MR) is 107 cm³/mol. The van der Waals surface area contributed by atoms with E-state index < -0.39 is 5.60 Å². The first-order valence-electron chi connectivity index (χ1n) is 10.2. The topological polar surface area (TPSA) is 66.0 Å². The third-order valence-corrected chi connectivity index (χ3v) is 5.34. The summed E-state index contributed by atoms with van der Waals surface area (Å²) in [6.45, 7) is 11.0. The minimum atomic E-state index is -0.486. The van der Waals surface area contributed by atoms with E-state index in [-0.39, 0.29) is 17.9 Å². The van der Waals surface area contributed by atoms with Crippen molar-refractivity contribution < 1.29 is 14.3 Å². The number of carbonyl (C=O) groups excluding carboxylic acids is 2. The summed E-state index contributed by atoms with van der Waals surface area (Å²) >= 11 is 0. The maximum absolute atomic E-state index is 12.9. The van der Waals surface area contributed by atoms with Crippen LogP contribution in [-0.4, -0.2) is 76.6 Å². The van der Waals surface area contributed by atoms with Gasteiger partial charge in [-0.15, -0.1) is 0 Å². The molecular formula is C21H32N4O3. The molecule has 3 rings (SSSR count). The van der Waals surface area contributed by atoms with Gasteiger partial charge in [-0.2, -0.15) is 0 Å². The fourth-order valence-corrected chi connectivity index (χ4v) is 3.77. The zero-order chi connectivity index (χ0) is 20.1. The molecule has 0 radical (unpaired) electrons. The van der Waals surface area contributed by atoms with Gasteiger partial charge >= 0.3 is 6.09 Å². The van der Waals surface area contributed by atoms with E-state index >= 15 is 0 Å². The van der Waals surface area contributed by atoms with Crippen molar-refractivity contribution in [3.8, 4) is 0 Å². The maximum Gasteiger partial charge on any atom is 0.410 e. The first-order chi connectivity index (χ1) is 13.3. The van der Waals surface area contributed by atoms with Crippen molar-refractivity contribution >= 4 is 12.0 Å². The van der Waals surface area contributed by atoms with Gasteiger partial charge in [-0.05, 0) is 51.3 Å². The molecule has 0 aliphatic carbocycles. The van der Waals surface area contributed by atoms with E-state index in [0.717, 1.165) is 45.6 Å². The van der Waals surface area contributed by atoms with Crippen LogP contribution in [0.5, 0.6) is 0 Å². The van der Waals surface area contributed by atoms with Gasteiger partial charge in [0.05, 0.1) is 0 Å². The van der Waals surface area contributed by atoms with Gasteiger partial charge in [-0.1, -0.05) is 0 Å². The summed E-state index contributed by atoms with van der Waals surface area (Å²) in [7, 11) is 0. The Balaban J connectivity index is 1.42. The van der Waals surface area contributed by atoms with E-state index in [2.05, 4.69) is 9.88 Å². The molecule has 0 unspecified atom stereocenters. The maximum atomic E-state index is 12.9. The first kappa shape index (κ1) is 20.6. The molecule has 28 heavy (non-hydrogen) atoms. The summed E-state index contributed by atoms with van der Waals surface area (Å²) in [5.41, 5.74) is 0.768. The van der Waals surface area contributed by atoms with E-state index in [9.17, 15) is 9.59 Å². The molecule has 0 spiro atoms. The second-order valence-corrected chi connectivity index (χ2v) is 8.70.